The molecule has 0 saturated carbocycles. The Morgan fingerprint density at radius 3 is 2.37 bits per heavy atom. The third-order valence-corrected chi connectivity index (χ3v) is 12.9. The van der Waals surface area contributed by atoms with E-state index in [0.29, 0.717) is 10.8 Å². The molecule has 2 amide bonds. The molecule has 12 N–H and O–H groups in total. The van der Waals surface area contributed by atoms with Crippen LogP contribution in [0.25, 0.3) is 21.9 Å². The van der Waals surface area contributed by atoms with Crippen LogP contribution in [0.5, 0.6) is 11.5 Å². The number of rotatable bonds is 20. The van der Waals surface area contributed by atoms with Crippen molar-refractivity contribution in [1.29, 1.82) is 0 Å². The molecule has 0 aliphatic carbocycles. The summed E-state index contributed by atoms with van der Waals surface area (Å²) in [7, 11) is -16.5. The Bertz CT molecular complexity index is 2450. The number of nitrogens with zero attached hydrogens (tertiary/aromatic N) is 4. The van der Waals surface area contributed by atoms with Crippen LogP contribution in [0.4, 0.5) is 5.82 Å². The second-order valence-electron chi connectivity index (χ2n) is 14.0. The van der Waals surface area contributed by atoms with E-state index in [-0.39, 0.29) is 59.3 Å². The highest BCUT2D eigenvalue weighted by Crippen LogP contribution is 2.61. The summed E-state index contributed by atoms with van der Waals surface area (Å²) in [4.78, 5) is 88.6. The van der Waals surface area contributed by atoms with Gasteiger partial charge in [-0.15, -0.1) is 0 Å². The number of aliphatic hydroxyl groups excluding tert-OH is 2. The molecule has 1 aliphatic heterocycles. The van der Waals surface area contributed by atoms with E-state index in [0.717, 1.165) is 35.0 Å². The molecule has 340 valence electrons. The minimum absolute atomic E-state index is 0.0180. The number of phosphoric ester groups is 3. The van der Waals surface area contributed by atoms with E-state index in [1.165, 1.54) is 13.8 Å². The van der Waals surface area contributed by atoms with Crippen molar-refractivity contribution in [2.24, 2.45) is 5.41 Å². The van der Waals surface area contributed by atoms with Gasteiger partial charge in [-0.25, -0.2) is 28.6 Å². The molecule has 4 aromatic rings. The average Bonchev–Trinajstić information content (AvgIpc) is 3.75. The maximum absolute atomic E-state index is 12.7. The first-order valence-corrected chi connectivity index (χ1v) is 23.4. The number of imidazole rings is 1. The monoisotopic (exact) mass is 953 g/mol. The molecule has 0 bridgehead atoms. The molecule has 26 nitrogen and oxygen atoms in total. The Balaban J connectivity index is 1.05. The molecule has 0 spiro atoms. The van der Waals surface area contributed by atoms with Crippen molar-refractivity contribution in [2.45, 2.75) is 50.9 Å². The number of nitrogens with one attached hydrogen (secondary N) is 2. The minimum atomic E-state index is -5.60. The maximum atomic E-state index is 12.7. The number of hydrogen-bond acceptors (Lipinski definition) is 20. The number of aromatic nitrogens is 4. The Hall–Kier alpha value is -4.14. The number of phenolic OH excluding ortho intramolecular Hbond substituents is 2. The second-order valence-corrected chi connectivity index (χ2v) is 19.3. The summed E-state index contributed by atoms with van der Waals surface area (Å²) in [6.07, 6.45) is -7.15. The Morgan fingerprint density at radius 2 is 1.68 bits per heavy atom. The van der Waals surface area contributed by atoms with Crippen LogP contribution < -0.4 is 16.4 Å². The molecule has 1 saturated heterocycles. The van der Waals surface area contributed by atoms with Gasteiger partial charge in [0.1, 0.15) is 47.8 Å². The van der Waals surface area contributed by atoms with E-state index in [1.807, 2.05) is 0 Å². The van der Waals surface area contributed by atoms with Crippen molar-refractivity contribution in [3.8, 4) is 11.5 Å². The number of hydrogen-bond donors (Lipinski definition) is 11. The molecule has 62 heavy (non-hydrogen) atoms. The molecule has 5 rings (SSSR count). The molecule has 3 heterocycles. The smallest absolute Gasteiger partial charge is 0.481 e. The number of aromatic hydroxyl groups is 2. The summed E-state index contributed by atoms with van der Waals surface area (Å²) in [6.45, 7) is 0.119. The normalized spacial score (nSPS) is 20.7. The van der Waals surface area contributed by atoms with E-state index < -0.39 is 89.7 Å². The zero-order valence-corrected chi connectivity index (χ0v) is 35.9. The largest absolute Gasteiger partial charge is 0.507 e. The predicted molar refractivity (Wildman–Crippen MR) is 214 cm³/mol. The van der Waals surface area contributed by atoms with Crippen LogP contribution in [0.2, 0.25) is 0 Å². The van der Waals surface area contributed by atoms with Crippen molar-refractivity contribution >= 4 is 79.9 Å². The third kappa shape index (κ3) is 12.3. The number of phosphoric acid groups is 3. The number of anilines is 1. The lowest BCUT2D eigenvalue weighted by molar-refractivity contribution is -0.137. The van der Waals surface area contributed by atoms with Crippen molar-refractivity contribution in [3.05, 3.63) is 48.5 Å². The summed E-state index contributed by atoms with van der Waals surface area (Å²) in [6, 6.07) is 7.58. The first kappa shape index (κ1) is 48.9. The van der Waals surface area contributed by atoms with Crippen molar-refractivity contribution in [1.82, 2.24) is 30.2 Å². The standard InChI is InChI=1S/C32H42N7O19P3S/c1-32(2,26(44)29(45)35-8-7-21(41)34-9-10-62-31(46)18-11-19(40)16-5-3-4-6-17(16)23(18)42)13-55-61(52,53)58-60(50,51)54-12-20-25(57-59(47,48)49)24(43)30(56-20)39-15-38-22-27(33)36-14-37-28(22)39/h3-6,11,14-15,20,24-26,30,40,42-44H,7-10,12-13H2,1-2H3,(H,34,41)(H,35,45)(H,50,51)(H,52,53)(H2,33,36,37)(H2,47,48,49)/t20-,24-,25-,26+,30-/m1/s1. The van der Waals surface area contributed by atoms with Crippen molar-refractivity contribution in [3.63, 3.8) is 0 Å². The Kier molecular flexibility index (Phi) is 15.5. The third-order valence-electron chi connectivity index (χ3n) is 8.95. The number of carbonyl (C=O) groups is 3. The van der Waals surface area contributed by atoms with Crippen LogP contribution in [0.15, 0.2) is 43.0 Å². The lowest BCUT2D eigenvalue weighted by Gasteiger charge is -2.30. The van der Waals surface area contributed by atoms with Gasteiger partial charge in [0.25, 0.3) is 0 Å². The number of carbonyl (C=O) groups excluding carboxylic acids is 3. The summed E-state index contributed by atoms with van der Waals surface area (Å²) < 4.78 is 62.2. The lowest BCUT2D eigenvalue weighted by atomic mass is 9.87. The summed E-state index contributed by atoms with van der Waals surface area (Å²) >= 11 is 0.784. The van der Waals surface area contributed by atoms with E-state index in [1.54, 1.807) is 24.3 Å². The first-order valence-electron chi connectivity index (χ1n) is 17.9. The van der Waals surface area contributed by atoms with E-state index in [2.05, 4.69) is 34.4 Å². The van der Waals surface area contributed by atoms with Crippen LogP contribution in [-0.2, 0) is 45.9 Å². The molecule has 1 fully saturated rings. The van der Waals surface area contributed by atoms with Crippen LogP contribution in [0.1, 0.15) is 36.9 Å². The maximum Gasteiger partial charge on any atom is 0.481 e. The van der Waals surface area contributed by atoms with Gasteiger partial charge in [-0.3, -0.25) is 32.5 Å². The quantitative estimate of drug-likeness (QED) is 0.0327. The zero-order chi connectivity index (χ0) is 45.8. The summed E-state index contributed by atoms with van der Waals surface area (Å²) in [5.41, 5.74) is 4.09. The first-order chi connectivity index (χ1) is 28.9. The zero-order valence-electron chi connectivity index (χ0n) is 32.4. The number of nitrogens with two attached hydrogens (primary N) is 1. The van der Waals surface area contributed by atoms with Gasteiger partial charge in [-0.1, -0.05) is 49.9 Å². The van der Waals surface area contributed by atoms with Crippen LogP contribution in [-0.4, -0.2) is 133 Å². The highest BCUT2D eigenvalue weighted by molar-refractivity contribution is 8.14. The number of aliphatic hydroxyl groups is 2. The van der Waals surface area contributed by atoms with Crippen LogP contribution in [0, 0.1) is 5.41 Å². The minimum Gasteiger partial charge on any atom is -0.507 e. The molecule has 2 aromatic carbocycles. The van der Waals surface area contributed by atoms with Gasteiger partial charge in [0.05, 0.1) is 25.1 Å². The predicted octanol–water partition coefficient (Wildman–Crippen LogP) is 0.543. The molecule has 2 aromatic heterocycles. The number of thioether (sulfide) groups is 1. The number of amides is 2. The number of nitrogen functional groups attached to an aromatic ring is 1. The van der Waals surface area contributed by atoms with Gasteiger partial charge in [0.2, 0.25) is 16.9 Å². The SMILES string of the molecule is CC(C)(COP(=O)(O)OP(=O)(O)OC[C@H]1O[C@@H](n2cnc3c(N)ncnc32)[C@H](O)[C@@H]1OP(=O)(O)O)[C@@H](O)C(=O)NCCC(=O)NCCSC(=O)c1cc(O)c2ccccc2c1O. The number of phenols is 2. The molecule has 0 radical (unpaired) electrons. The van der Waals surface area contributed by atoms with Gasteiger partial charge in [0.15, 0.2) is 17.7 Å². The molecule has 1 aliphatic rings. The fourth-order valence-corrected chi connectivity index (χ4v) is 9.38. The van der Waals surface area contributed by atoms with E-state index in [4.69, 9.17) is 19.5 Å². The average molecular weight is 954 g/mol. The van der Waals surface area contributed by atoms with Crippen molar-refractivity contribution < 1.29 is 90.7 Å². The molecule has 2 unspecified atom stereocenters. The summed E-state index contributed by atoms with van der Waals surface area (Å²) in [5, 5.41) is 47.2. The van der Waals surface area contributed by atoms with Crippen LogP contribution in [0.3, 0.4) is 0 Å². The lowest BCUT2D eigenvalue weighted by Crippen LogP contribution is -2.46. The number of ether oxygens (including phenoxy) is 1. The topological polar surface area (TPSA) is 404 Å². The Labute approximate surface area is 354 Å². The highest BCUT2D eigenvalue weighted by atomic mass is 32.2. The molecule has 30 heteroatoms. The highest BCUT2D eigenvalue weighted by Gasteiger charge is 2.50. The van der Waals surface area contributed by atoms with Crippen molar-refractivity contribution in [2.75, 3.05) is 37.8 Å². The molecular formula is C32H42N7O19P3S. The second kappa shape index (κ2) is 19.7. The molecular weight excluding hydrogens is 911 g/mol. The van der Waals surface area contributed by atoms with Gasteiger partial charge in [-0.2, -0.15) is 4.31 Å². The van der Waals surface area contributed by atoms with Crippen LogP contribution >= 0.6 is 35.2 Å². The van der Waals surface area contributed by atoms with Gasteiger partial charge >= 0.3 is 23.5 Å². The van der Waals surface area contributed by atoms with E-state index in [9.17, 15) is 68.1 Å². The number of fused-ring (bicyclic) bond motifs is 2. The van der Waals surface area contributed by atoms with Gasteiger partial charge in [0, 0.05) is 41.5 Å². The Morgan fingerprint density at radius 1 is 1.00 bits per heavy atom. The van der Waals surface area contributed by atoms with E-state index >= 15 is 0 Å². The fraction of sp³-hybridized carbons (Fsp3) is 0.438. The van der Waals surface area contributed by atoms with Gasteiger partial charge in [-0.05, 0) is 6.07 Å². The number of benzene rings is 2. The molecule has 7 atom stereocenters. The summed E-state index contributed by atoms with van der Waals surface area (Å²) in [5.74, 6) is -2.01. The fourth-order valence-electron chi connectivity index (χ4n) is 5.85. The van der Waals surface area contributed by atoms with Gasteiger partial charge < -0.3 is 61.1 Å².